The summed E-state index contributed by atoms with van der Waals surface area (Å²) < 4.78 is 7.68. The lowest BCUT2D eigenvalue weighted by Gasteiger charge is -2.06. The van der Waals surface area contributed by atoms with E-state index in [0.717, 1.165) is 16.7 Å². The number of aromatic nitrogens is 2. The van der Waals surface area contributed by atoms with Crippen LogP contribution in [0.4, 0.5) is 0 Å². The normalized spacial score (nSPS) is 10.5. The van der Waals surface area contributed by atoms with Gasteiger partial charge in [0.05, 0.1) is 6.61 Å². The molecule has 2 aromatic rings. The van der Waals surface area contributed by atoms with Crippen LogP contribution in [-0.4, -0.2) is 21.9 Å². The summed E-state index contributed by atoms with van der Waals surface area (Å²) in [4.78, 5) is 4.24. The highest BCUT2D eigenvalue weighted by Crippen LogP contribution is 2.16. The van der Waals surface area contributed by atoms with Gasteiger partial charge < -0.3 is 9.30 Å². The maximum atomic E-state index is 5.67. The molecule has 1 aromatic carbocycles. The van der Waals surface area contributed by atoms with Gasteiger partial charge in [0, 0.05) is 25.2 Å². The number of benzene rings is 1. The first-order valence-electron chi connectivity index (χ1n) is 5.55. The molecular formula is C13H16N2OS. The fourth-order valence-electron chi connectivity index (χ4n) is 1.49. The number of imidazole rings is 1. The second kappa shape index (κ2) is 5.77. The van der Waals surface area contributed by atoms with E-state index < -0.39 is 0 Å². The van der Waals surface area contributed by atoms with Crippen LogP contribution < -0.4 is 4.74 Å². The first-order chi connectivity index (χ1) is 8.25. The lowest BCUT2D eigenvalue weighted by Crippen LogP contribution is -2.01. The van der Waals surface area contributed by atoms with Crippen molar-refractivity contribution < 1.29 is 4.74 Å². The molecule has 3 nitrogen and oxygen atoms in total. The number of aryl methyl sites for hydroxylation is 2. The van der Waals surface area contributed by atoms with E-state index in [1.165, 1.54) is 5.56 Å². The molecule has 4 heteroatoms. The Morgan fingerprint density at radius 2 is 2.29 bits per heavy atom. The molecule has 0 unspecified atom stereocenters. The fourth-order valence-corrected chi connectivity index (χ4v) is 2.24. The SMILES string of the molecule is Cc1cccc(OCCSc2nccn2C)c1. The zero-order valence-electron chi connectivity index (χ0n) is 10.1. The Bertz CT molecular complexity index is 482. The van der Waals surface area contributed by atoms with Crippen molar-refractivity contribution in [3.05, 3.63) is 42.2 Å². The van der Waals surface area contributed by atoms with Crippen molar-refractivity contribution in [3.63, 3.8) is 0 Å². The van der Waals surface area contributed by atoms with Crippen LogP contribution in [0.25, 0.3) is 0 Å². The Morgan fingerprint density at radius 3 is 3.00 bits per heavy atom. The van der Waals surface area contributed by atoms with Gasteiger partial charge in [0.15, 0.2) is 5.16 Å². The molecule has 0 atom stereocenters. The van der Waals surface area contributed by atoms with Crippen molar-refractivity contribution in [2.24, 2.45) is 7.05 Å². The zero-order chi connectivity index (χ0) is 12.1. The molecule has 0 radical (unpaired) electrons. The second-order valence-corrected chi connectivity index (χ2v) is 4.90. The highest BCUT2D eigenvalue weighted by atomic mass is 32.2. The van der Waals surface area contributed by atoms with Gasteiger partial charge in [-0.25, -0.2) is 4.98 Å². The highest BCUT2D eigenvalue weighted by molar-refractivity contribution is 7.99. The molecule has 0 saturated carbocycles. The lowest BCUT2D eigenvalue weighted by atomic mass is 10.2. The average molecular weight is 248 g/mol. The Morgan fingerprint density at radius 1 is 1.41 bits per heavy atom. The van der Waals surface area contributed by atoms with Crippen molar-refractivity contribution >= 4 is 11.8 Å². The van der Waals surface area contributed by atoms with E-state index in [9.17, 15) is 0 Å². The monoisotopic (exact) mass is 248 g/mol. The van der Waals surface area contributed by atoms with Crippen LogP contribution in [0.1, 0.15) is 5.56 Å². The molecule has 1 aromatic heterocycles. The molecule has 0 saturated heterocycles. The highest BCUT2D eigenvalue weighted by Gasteiger charge is 2.00. The van der Waals surface area contributed by atoms with Crippen LogP contribution in [0.3, 0.4) is 0 Å². The van der Waals surface area contributed by atoms with Gasteiger partial charge in [-0.05, 0) is 24.6 Å². The third kappa shape index (κ3) is 3.53. The van der Waals surface area contributed by atoms with Gasteiger partial charge in [-0.2, -0.15) is 0 Å². The summed E-state index contributed by atoms with van der Waals surface area (Å²) in [5, 5.41) is 1.03. The fraction of sp³-hybridized carbons (Fsp3) is 0.308. The van der Waals surface area contributed by atoms with Crippen molar-refractivity contribution in [3.8, 4) is 5.75 Å². The van der Waals surface area contributed by atoms with E-state index in [0.29, 0.717) is 6.61 Å². The molecule has 90 valence electrons. The number of ether oxygens (including phenoxy) is 1. The van der Waals surface area contributed by atoms with Crippen molar-refractivity contribution in [1.29, 1.82) is 0 Å². The number of hydrogen-bond donors (Lipinski definition) is 0. The zero-order valence-corrected chi connectivity index (χ0v) is 10.9. The lowest BCUT2D eigenvalue weighted by molar-refractivity contribution is 0.343. The minimum absolute atomic E-state index is 0.695. The smallest absolute Gasteiger partial charge is 0.167 e. The predicted octanol–water partition coefficient (Wildman–Crippen LogP) is 2.90. The molecule has 0 aliphatic heterocycles. The summed E-state index contributed by atoms with van der Waals surface area (Å²) in [7, 11) is 2.00. The molecular weight excluding hydrogens is 232 g/mol. The summed E-state index contributed by atoms with van der Waals surface area (Å²) in [6.45, 7) is 2.76. The van der Waals surface area contributed by atoms with E-state index >= 15 is 0 Å². The van der Waals surface area contributed by atoms with Gasteiger partial charge >= 0.3 is 0 Å². The quantitative estimate of drug-likeness (QED) is 0.601. The Kier molecular flexibility index (Phi) is 4.09. The van der Waals surface area contributed by atoms with Gasteiger partial charge in [0.2, 0.25) is 0 Å². The Labute approximate surface area is 106 Å². The molecule has 0 aliphatic rings. The number of rotatable bonds is 5. The van der Waals surface area contributed by atoms with Gasteiger partial charge in [0.25, 0.3) is 0 Å². The molecule has 1 heterocycles. The molecule has 0 amide bonds. The average Bonchev–Trinajstić information content (AvgIpc) is 2.71. The molecule has 0 spiro atoms. The number of thioether (sulfide) groups is 1. The summed E-state index contributed by atoms with van der Waals surface area (Å²) in [6, 6.07) is 8.11. The van der Waals surface area contributed by atoms with E-state index in [2.05, 4.69) is 18.0 Å². The predicted molar refractivity (Wildman–Crippen MR) is 70.6 cm³/mol. The van der Waals surface area contributed by atoms with Crippen LogP contribution in [0.5, 0.6) is 5.75 Å². The van der Waals surface area contributed by atoms with Crippen LogP contribution >= 0.6 is 11.8 Å². The van der Waals surface area contributed by atoms with E-state index in [1.807, 2.05) is 42.2 Å². The van der Waals surface area contributed by atoms with Crippen LogP contribution in [0, 0.1) is 6.92 Å². The third-order valence-corrected chi connectivity index (χ3v) is 3.37. The van der Waals surface area contributed by atoms with Crippen LogP contribution in [-0.2, 0) is 7.05 Å². The van der Waals surface area contributed by atoms with E-state index in [4.69, 9.17) is 4.74 Å². The third-order valence-electron chi connectivity index (χ3n) is 2.35. The minimum Gasteiger partial charge on any atom is -0.493 e. The van der Waals surface area contributed by atoms with Gasteiger partial charge in [-0.15, -0.1) is 0 Å². The molecule has 0 fully saturated rings. The summed E-state index contributed by atoms with van der Waals surface area (Å²) in [5.41, 5.74) is 1.22. The largest absolute Gasteiger partial charge is 0.493 e. The minimum atomic E-state index is 0.695. The maximum Gasteiger partial charge on any atom is 0.167 e. The van der Waals surface area contributed by atoms with Crippen LogP contribution in [0.15, 0.2) is 41.8 Å². The van der Waals surface area contributed by atoms with E-state index in [1.54, 1.807) is 11.8 Å². The van der Waals surface area contributed by atoms with Gasteiger partial charge in [0.1, 0.15) is 5.75 Å². The molecule has 0 aliphatic carbocycles. The summed E-state index contributed by atoms with van der Waals surface area (Å²) >= 11 is 1.70. The molecule has 0 N–H and O–H groups in total. The molecule has 17 heavy (non-hydrogen) atoms. The summed E-state index contributed by atoms with van der Waals surface area (Å²) in [6.07, 6.45) is 3.76. The van der Waals surface area contributed by atoms with Crippen molar-refractivity contribution in [2.75, 3.05) is 12.4 Å². The van der Waals surface area contributed by atoms with Gasteiger partial charge in [-0.1, -0.05) is 23.9 Å². The van der Waals surface area contributed by atoms with Crippen molar-refractivity contribution in [2.45, 2.75) is 12.1 Å². The summed E-state index contributed by atoms with van der Waals surface area (Å²) in [5.74, 6) is 1.84. The molecule has 2 rings (SSSR count). The second-order valence-electron chi connectivity index (χ2n) is 3.83. The van der Waals surface area contributed by atoms with Crippen molar-refractivity contribution in [1.82, 2.24) is 9.55 Å². The standard InChI is InChI=1S/C13H16N2OS/c1-11-4-3-5-12(10-11)16-8-9-17-13-14-6-7-15(13)2/h3-7,10H,8-9H2,1-2H3. The molecule has 0 bridgehead atoms. The number of hydrogen-bond acceptors (Lipinski definition) is 3. The Balaban J connectivity index is 1.75. The van der Waals surface area contributed by atoms with Gasteiger partial charge in [-0.3, -0.25) is 0 Å². The first kappa shape index (κ1) is 12.0. The number of nitrogens with zero attached hydrogens (tertiary/aromatic N) is 2. The van der Waals surface area contributed by atoms with Crippen LogP contribution in [0.2, 0.25) is 0 Å². The maximum absolute atomic E-state index is 5.67. The first-order valence-corrected chi connectivity index (χ1v) is 6.54. The topological polar surface area (TPSA) is 27.1 Å². The Hall–Kier alpha value is -1.42. The van der Waals surface area contributed by atoms with E-state index in [-0.39, 0.29) is 0 Å².